The summed E-state index contributed by atoms with van der Waals surface area (Å²) < 4.78 is 5.21. The van der Waals surface area contributed by atoms with E-state index in [0.717, 1.165) is 51.4 Å². The van der Waals surface area contributed by atoms with Crippen molar-refractivity contribution in [2.75, 3.05) is 6.61 Å². The van der Waals surface area contributed by atoms with Crippen molar-refractivity contribution in [3.63, 3.8) is 0 Å². The summed E-state index contributed by atoms with van der Waals surface area (Å²) in [6.07, 6.45) is 17.7. The van der Waals surface area contributed by atoms with Crippen molar-refractivity contribution in [2.45, 2.75) is 63.9 Å². The van der Waals surface area contributed by atoms with E-state index in [9.17, 15) is 9.90 Å². The van der Waals surface area contributed by atoms with Crippen molar-refractivity contribution in [2.24, 2.45) is 29.1 Å². The second kappa shape index (κ2) is 6.79. The van der Waals surface area contributed by atoms with Crippen LogP contribution in [0.4, 0.5) is 0 Å². The molecule has 0 aromatic rings. The number of hydrogen-bond acceptors (Lipinski definition) is 4. The summed E-state index contributed by atoms with van der Waals surface area (Å²) in [5.41, 5.74) is 0.330. The van der Waals surface area contributed by atoms with Crippen LogP contribution in [-0.4, -0.2) is 28.4 Å². The molecule has 27 heavy (non-hydrogen) atoms. The van der Waals surface area contributed by atoms with Crippen LogP contribution in [0.2, 0.25) is 0 Å². The van der Waals surface area contributed by atoms with Gasteiger partial charge in [0.15, 0.2) is 0 Å². The molecule has 0 radical (unpaired) electrons. The van der Waals surface area contributed by atoms with Crippen LogP contribution in [-0.2, 0) is 9.53 Å². The first-order valence-corrected chi connectivity index (χ1v) is 10.4. The lowest BCUT2D eigenvalue weighted by Crippen LogP contribution is -2.53. The summed E-state index contributed by atoms with van der Waals surface area (Å²) in [6, 6.07) is 0. The molecule has 2 N–H and O–H groups in total. The third-order valence-corrected chi connectivity index (χ3v) is 8.23. The first-order valence-electron chi connectivity index (χ1n) is 10.4. The summed E-state index contributed by atoms with van der Waals surface area (Å²) in [7, 11) is 0. The summed E-state index contributed by atoms with van der Waals surface area (Å²) >= 11 is 0. The Hall–Kier alpha value is -1.57. The number of ether oxygens (including phenoxy) is 1. The number of terminal acetylenes is 1. The van der Waals surface area contributed by atoms with E-state index in [0.29, 0.717) is 29.4 Å². The van der Waals surface area contributed by atoms with Crippen LogP contribution >= 0.6 is 0 Å². The molecular formula is C23H30O4. The number of hydrogen-bond donors (Lipinski definition) is 2. The third-order valence-electron chi connectivity index (χ3n) is 8.23. The van der Waals surface area contributed by atoms with Crippen LogP contribution in [0.1, 0.15) is 58.3 Å². The predicted octanol–water partition coefficient (Wildman–Crippen LogP) is 3.34. The molecule has 4 rings (SSSR count). The standard InChI is InChI=1S/C23H30O4/c1-3-22-11-9-18-17-8-6-16(27-21(25)14-24)13-15(17)5-7-19(18)20(22)10-12-23(22,26)4-2/h2,6,13,17-20,24,26H,3,5,7-12,14H2,1H3. The van der Waals surface area contributed by atoms with E-state index in [4.69, 9.17) is 16.3 Å². The number of allylic oxidation sites excluding steroid dienone is 3. The largest absolute Gasteiger partial charge is 0.425 e. The molecule has 0 aromatic heterocycles. The molecule has 3 fully saturated rings. The molecule has 6 atom stereocenters. The topological polar surface area (TPSA) is 66.8 Å². The minimum atomic E-state index is -0.939. The van der Waals surface area contributed by atoms with E-state index in [1.54, 1.807) is 0 Å². The Morgan fingerprint density at radius 1 is 1.33 bits per heavy atom. The van der Waals surface area contributed by atoms with Gasteiger partial charge in [-0.3, -0.25) is 0 Å². The van der Waals surface area contributed by atoms with Crippen LogP contribution in [0.15, 0.2) is 23.5 Å². The van der Waals surface area contributed by atoms with Crippen LogP contribution in [0, 0.1) is 41.4 Å². The predicted molar refractivity (Wildman–Crippen MR) is 102 cm³/mol. The maximum absolute atomic E-state index is 11.4. The summed E-state index contributed by atoms with van der Waals surface area (Å²) in [5.74, 6) is 5.03. The molecule has 146 valence electrons. The average Bonchev–Trinajstić information content (AvgIpc) is 3.01. The molecule has 4 aliphatic carbocycles. The fourth-order valence-corrected chi connectivity index (χ4v) is 7.03. The lowest BCUT2D eigenvalue weighted by molar-refractivity contribution is -0.142. The molecule has 0 saturated heterocycles. The lowest BCUT2D eigenvalue weighted by atomic mass is 9.49. The molecule has 0 heterocycles. The van der Waals surface area contributed by atoms with Crippen LogP contribution in [0.3, 0.4) is 0 Å². The van der Waals surface area contributed by atoms with Gasteiger partial charge in [-0.25, -0.2) is 4.79 Å². The zero-order chi connectivity index (χ0) is 19.2. The Morgan fingerprint density at radius 3 is 2.85 bits per heavy atom. The van der Waals surface area contributed by atoms with Gasteiger partial charge in [0.2, 0.25) is 0 Å². The zero-order valence-corrected chi connectivity index (χ0v) is 16.1. The average molecular weight is 370 g/mol. The smallest absolute Gasteiger partial charge is 0.337 e. The number of carbonyl (C=O) groups excluding carboxylic acids is 1. The summed E-state index contributed by atoms with van der Waals surface area (Å²) in [5, 5.41) is 20.1. The first-order chi connectivity index (χ1) is 13.0. The Balaban J connectivity index is 1.56. The quantitative estimate of drug-likeness (QED) is 0.591. The SMILES string of the molecule is C#CC1(O)CCC2C3CCC4=CC(OC(=O)CO)=CCC4C3CCC21CC. The Bertz CT molecular complexity index is 729. The van der Waals surface area contributed by atoms with Gasteiger partial charge in [-0.15, -0.1) is 6.42 Å². The molecule has 4 nitrogen and oxygen atoms in total. The Morgan fingerprint density at radius 2 is 2.15 bits per heavy atom. The maximum Gasteiger partial charge on any atom is 0.337 e. The van der Waals surface area contributed by atoms with E-state index in [-0.39, 0.29) is 5.41 Å². The van der Waals surface area contributed by atoms with E-state index in [2.05, 4.69) is 12.8 Å². The van der Waals surface area contributed by atoms with E-state index in [1.165, 1.54) is 5.57 Å². The lowest BCUT2D eigenvalue weighted by Gasteiger charge is -2.55. The molecule has 0 spiro atoms. The monoisotopic (exact) mass is 370 g/mol. The van der Waals surface area contributed by atoms with Crippen molar-refractivity contribution in [1.82, 2.24) is 0 Å². The molecule has 0 amide bonds. The first kappa shape index (κ1) is 18.8. The highest BCUT2D eigenvalue weighted by Crippen LogP contribution is 2.66. The molecule has 0 aliphatic heterocycles. The molecular weight excluding hydrogens is 340 g/mol. The van der Waals surface area contributed by atoms with Gasteiger partial charge in [0.05, 0.1) is 0 Å². The number of aliphatic hydroxyl groups excluding tert-OH is 1. The van der Waals surface area contributed by atoms with Crippen molar-refractivity contribution < 1.29 is 19.7 Å². The highest BCUT2D eigenvalue weighted by Gasteiger charge is 2.63. The van der Waals surface area contributed by atoms with E-state index >= 15 is 0 Å². The zero-order valence-electron chi connectivity index (χ0n) is 16.1. The van der Waals surface area contributed by atoms with Crippen LogP contribution in [0.25, 0.3) is 0 Å². The van der Waals surface area contributed by atoms with Crippen molar-refractivity contribution >= 4 is 5.97 Å². The minimum Gasteiger partial charge on any atom is -0.425 e. The molecule has 4 aliphatic rings. The van der Waals surface area contributed by atoms with Gasteiger partial charge in [0.1, 0.15) is 18.0 Å². The fourth-order valence-electron chi connectivity index (χ4n) is 7.03. The number of esters is 1. The van der Waals surface area contributed by atoms with Crippen molar-refractivity contribution in [3.05, 3.63) is 23.5 Å². The Kier molecular flexibility index (Phi) is 4.72. The fraction of sp³-hybridized carbons (Fsp3) is 0.696. The van der Waals surface area contributed by atoms with Gasteiger partial charge in [0.25, 0.3) is 0 Å². The second-order valence-electron chi connectivity index (χ2n) is 8.86. The van der Waals surface area contributed by atoms with Gasteiger partial charge >= 0.3 is 5.97 Å². The van der Waals surface area contributed by atoms with Gasteiger partial charge in [-0.1, -0.05) is 18.4 Å². The second-order valence-corrected chi connectivity index (χ2v) is 8.86. The molecule has 6 unspecified atom stereocenters. The number of rotatable bonds is 3. The number of carbonyl (C=O) groups is 1. The normalized spacial score (nSPS) is 42.7. The van der Waals surface area contributed by atoms with E-state index < -0.39 is 18.2 Å². The summed E-state index contributed by atoms with van der Waals surface area (Å²) in [4.78, 5) is 11.4. The minimum absolute atomic E-state index is 0.115. The Labute approximate surface area is 161 Å². The van der Waals surface area contributed by atoms with Gasteiger partial charge < -0.3 is 14.9 Å². The molecule has 3 saturated carbocycles. The van der Waals surface area contributed by atoms with Crippen molar-refractivity contribution in [1.29, 1.82) is 0 Å². The van der Waals surface area contributed by atoms with Crippen LogP contribution < -0.4 is 0 Å². The molecule has 0 bridgehead atoms. The highest BCUT2D eigenvalue weighted by molar-refractivity contribution is 5.72. The van der Waals surface area contributed by atoms with Gasteiger partial charge in [-0.2, -0.15) is 0 Å². The maximum atomic E-state index is 11.4. The van der Waals surface area contributed by atoms with E-state index in [1.807, 2.05) is 12.2 Å². The molecule has 4 heteroatoms. The van der Waals surface area contributed by atoms with Gasteiger partial charge in [-0.05, 0) is 87.2 Å². The molecule has 0 aromatic carbocycles. The number of fused-ring (bicyclic) bond motifs is 5. The van der Waals surface area contributed by atoms with Gasteiger partial charge in [0, 0.05) is 5.41 Å². The van der Waals surface area contributed by atoms with Crippen molar-refractivity contribution in [3.8, 4) is 12.3 Å². The highest BCUT2D eigenvalue weighted by atomic mass is 16.5. The third kappa shape index (κ3) is 2.70. The summed E-state index contributed by atoms with van der Waals surface area (Å²) in [6.45, 7) is 1.60. The van der Waals surface area contributed by atoms with Crippen LogP contribution in [0.5, 0.6) is 0 Å². The number of aliphatic hydroxyl groups is 2.